The molecule has 0 amide bonds. The van der Waals surface area contributed by atoms with Crippen LogP contribution in [0.15, 0.2) is 54.7 Å². The second kappa shape index (κ2) is 5.50. The maximum absolute atomic E-state index is 5.88. The van der Waals surface area contributed by atoms with Crippen molar-refractivity contribution in [3.8, 4) is 11.6 Å². The van der Waals surface area contributed by atoms with E-state index in [0.29, 0.717) is 17.2 Å². The van der Waals surface area contributed by atoms with Gasteiger partial charge in [0.15, 0.2) is 0 Å². The van der Waals surface area contributed by atoms with E-state index in [4.69, 9.17) is 22.7 Å². The molecule has 3 nitrogen and oxygen atoms in total. The van der Waals surface area contributed by atoms with Crippen LogP contribution < -0.4 is 10.5 Å². The minimum Gasteiger partial charge on any atom is -0.438 e. The number of rotatable bonds is 3. The molecule has 2 N–H and O–H groups in total. The van der Waals surface area contributed by atoms with Crippen LogP contribution in [0.3, 0.4) is 0 Å². The number of nitrogens with zero attached hydrogens (tertiary/aromatic N) is 1. The zero-order valence-electron chi connectivity index (χ0n) is 11.5. The third-order valence-corrected chi connectivity index (χ3v) is 3.51. The summed E-state index contributed by atoms with van der Waals surface area (Å²) in [6.45, 7) is 1.93. The molecule has 3 aromatic rings. The third kappa shape index (κ3) is 2.71. The molecular weight excluding hydrogens is 280 g/mol. The van der Waals surface area contributed by atoms with E-state index in [1.807, 2.05) is 49.4 Å². The van der Waals surface area contributed by atoms with Crippen LogP contribution in [-0.2, 0) is 0 Å². The highest BCUT2D eigenvalue weighted by molar-refractivity contribution is 7.80. The molecule has 2 aromatic carbocycles. The second-order valence-electron chi connectivity index (χ2n) is 4.78. The van der Waals surface area contributed by atoms with E-state index >= 15 is 0 Å². The largest absolute Gasteiger partial charge is 0.438 e. The first-order valence-electron chi connectivity index (χ1n) is 6.57. The van der Waals surface area contributed by atoms with Crippen molar-refractivity contribution in [2.45, 2.75) is 6.92 Å². The van der Waals surface area contributed by atoms with Gasteiger partial charge >= 0.3 is 0 Å². The van der Waals surface area contributed by atoms with E-state index in [2.05, 4.69) is 11.1 Å². The zero-order valence-corrected chi connectivity index (χ0v) is 12.4. The highest BCUT2D eigenvalue weighted by atomic mass is 32.1. The Morgan fingerprint density at radius 2 is 1.86 bits per heavy atom. The van der Waals surface area contributed by atoms with Gasteiger partial charge in [0.25, 0.3) is 0 Å². The van der Waals surface area contributed by atoms with Gasteiger partial charge in [-0.15, -0.1) is 0 Å². The van der Waals surface area contributed by atoms with Crippen LogP contribution in [0, 0.1) is 6.92 Å². The highest BCUT2D eigenvalue weighted by Crippen LogP contribution is 2.27. The van der Waals surface area contributed by atoms with Crippen LogP contribution in [-0.4, -0.2) is 9.97 Å². The summed E-state index contributed by atoms with van der Waals surface area (Å²) in [6.07, 6.45) is 1.69. The maximum Gasteiger partial charge on any atom is 0.229 e. The summed E-state index contributed by atoms with van der Waals surface area (Å²) < 4.78 is 5.88. The molecular formula is C17H14N2OS. The van der Waals surface area contributed by atoms with Crippen molar-refractivity contribution in [3.63, 3.8) is 0 Å². The first kappa shape index (κ1) is 13.5. The average molecular weight is 294 g/mol. The lowest BCUT2D eigenvalue weighted by molar-refractivity contribution is 0.462. The Morgan fingerprint density at radius 1 is 1.10 bits per heavy atom. The molecule has 0 fully saturated rings. The van der Waals surface area contributed by atoms with E-state index in [0.717, 1.165) is 16.3 Å². The van der Waals surface area contributed by atoms with Crippen LogP contribution in [0.1, 0.15) is 11.1 Å². The molecule has 3 rings (SSSR count). The normalized spacial score (nSPS) is 10.5. The Labute approximate surface area is 128 Å². The Balaban J connectivity index is 2.02. The summed E-state index contributed by atoms with van der Waals surface area (Å²) >= 11 is 5.09. The first-order valence-corrected chi connectivity index (χ1v) is 6.98. The molecule has 21 heavy (non-hydrogen) atoms. The van der Waals surface area contributed by atoms with Gasteiger partial charge in [-0.05, 0) is 41.5 Å². The molecule has 4 heteroatoms. The number of aromatic nitrogens is 1. The van der Waals surface area contributed by atoms with E-state index in [-0.39, 0.29) is 4.99 Å². The predicted octanol–water partition coefficient (Wildman–Crippen LogP) is 3.97. The molecule has 0 bridgehead atoms. The van der Waals surface area contributed by atoms with Crippen molar-refractivity contribution in [1.82, 2.24) is 4.98 Å². The molecule has 0 unspecified atom stereocenters. The minimum absolute atomic E-state index is 0.288. The number of thiocarbonyl (C=S) groups is 1. The van der Waals surface area contributed by atoms with E-state index < -0.39 is 0 Å². The number of fused-ring (bicyclic) bond motifs is 1. The molecule has 0 aliphatic heterocycles. The lowest BCUT2D eigenvalue weighted by Gasteiger charge is -2.11. The summed E-state index contributed by atoms with van der Waals surface area (Å²) in [4.78, 5) is 4.53. The van der Waals surface area contributed by atoms with Crippen molar-refractivity contribution in [3.05, 3.63) is 65.9 Å². The van der Waals surface area contributed by atoms with Gasteiger partial charge in [-0.3, -0.25) is 0 Å². The van der Waals surface area contributed by atoms with Crippen molar-refractivity contribution < 1.29 is 4.74 Å². The van der Waals surface area contributed by atoms with Gasteiger partial charge in [0.1, 0.15) is 10.7 Å². The Morgan fingerprint density at radius 3 is 2.62 bits per heavy atom. The lowest BCUT2D eigenvalue weighted by atomic mass is 10.1. The predicted molar refractivity (Wildman–Crippen MR) is 88.9 cm³/mol. The molecule has 0 atom stereocenters. The number of aryl methyl sites for hydroxylation is 1. The Hall–Kier alpha value is -2.46. The van der Waals surface area contributed by atoms with Crippen molar-refractivity contribution in [2.75, 3.05) is 0 Å². The smallest absolute Gasteiger partial charge is 0.229 e. The van der Waals surface area contributed by atoms with E-state index in [9.17, 15) is 0 Å². The molecule has 1 aromatic heterocycles. The number of pyridine rings is 1. The quantitative estimate of drug-likeness (QED) is 0.743. The fraction of sp³-hybridized carbons (Fsp3) is 0.0588. The minimum atomic E-state index is 0.288. The number of nitrogens with two attached hydrogens (primary N) is 1. The number of hydrogen-bond donors (Lipinski definition) is 1. The molecule has 0 radical (unpaired) electrons. The van der Waals surface area contributed by atoms with Gasteiger partial charge in [0, 0.05) is 6.20 Å². The topological polar surface area (TPSA) is 48.1 Å². The van der Waals surface area contributed by atoms with Crippen LogP contribution >= 0.6 is 12.2 Å². The monoisotopic (exact) mass is 294 g/mol. The van der Waals surface area contributed by atoms with Crippen molar-refractivity contribution >= 4 is 28.0 Å². The summed E-state index contributed by atoms with van der Waals surface area (Å²) in [6, 6.07) is 15.9. The van der Waals surface area contributed by atoms with Gasteiger partial charge in [0.2, 0.25) is 5.88 Å². The Kier molecular flexibility index (Phi) is 3.54. The average Bonchev–Trinajstić information content (AvgIpc) is 2.47. The molecule has 0 saturated heterocycles. The fourth-order valence-corrected chi connectivity index (χ4v) is 2.50. The molecule has 0 aliphatic carbocycles. The fourth-order valence-electron chi connectivity index (χ4n) is 2.25. The van der Waals surface area contributed by atoms with Crippen molar-refractivity contribution in [2.24, 2.45) is 5.73 Å². The first-order chi connectivity index (χ1) is 10.1. The van der Waals surface area contributed by atoms with Gasteiger partial charge in [-0.2, -0.15) is 0 Å². The van der Waals surface area contributed by atoms with Crippen molar-refractivity contribution in [1.29, 1.82) is 0 Å². The maximum atomic E-state index is 5.88. The number of hydrogen-bond acceptors (Lipinski definition) is 3. The zero-order chi connectivity index (χ0) is 14.8. The summed E-state index contributed by atoms with van der Waals surface area (Å²) in [7, 11) is 0. The molecule has 104 valence electrons. The summed E-state index contributed by atoms with van der Waals surface area (Å²) in [5.41, 5.74) is 7.40. The number of ether oxygens (including phenoxy) is 1. The lowest BCUT2D eigenvalue weighted by Crippen LogP contribution is -2.13. The molecule has 1 heterocycles. The second-order valence-corrected chi connectivity index (χ2v) is 5.22. The highest BCUT2D eigenvalue weighted by Gasteiger charge is 2.12. The third-order valence-electron chi connectivity index (χ3n) is 3.31. The van der Waals surface area contributed by atoms with E-state index in [1.165, 1.54) is 0 Å². The Bertz CT molecular complexity index is 830. The SMILES string of the molecule is Cc1ccnc(Oc2ccc3ccccc3c2)c1C(N)=S. The van der Waals surface area contributed by atoms with Gasteiger partial charge in [-0.25, -0.2) is 4.98 Å². The molecule has 0 aliphatic rings. The van der Waals surface area contributed by atoms with Gasteiger partial charge in [-0.1, -0.05) is 42.5 Å². The van der Waals surface area contributed by atoms with Gasteiger partial charge in [0.05, 0.1) is 5.56 Å². The van der Waals surface area contributed by atoms with Gasteiger partial charge < -0.3 is 10.5 Å². The van der Waals surface area contributed by atoms with Crippen LogP contribution in [0.5, 0.6) is 11.6 Å². The van der Waals surface area contributed by atoms with E-state index in [1.54, 1.807) is 6.20 Å². The van der Waals surface area contributed by atoms with Crippen LogP contribution in [0.4, 0.5) is 0 Å². The summed E-state index contributed by atoms with van der Waals surface area (Å²) in [5, 5.41) is 2.27. The summed E-state index contributed by atoms with van der Waals surface area (Å²) in [5.74, 6) is 1.15. The number of benzene rings is 2. The molecule has 0 spiro atoms. The van der Waals surface area contributed by atoms with Crippen LogP contribution in [0.2, 0.25) is 0 Å². The standard InChI is InChI=1S/C17H14N2OS/c1-11-8-9-19-17(15(11)16(18)21)20-14-7-6-12-4-2-3-5-13(12)10-14/h2-10H,1H3,(H2,18,21). The molecule has 0 saturated carbocycles. The van der Waals surface area contributed by atoms with Crippen LogP contribution in [0.25, 0.3) is 10.8 Å².